The Morgan fingerprint density at radius 1 is 1.11 bits per heavy atom. The fourth-order valence-corrected chi connectivity index (χ4v) is 3.32. The number of amides is 1. The molecule has 1 aliphatic carbocycles. The van der Waals surface area contributed by atoms with E-state index in [1.165, 1.54) is 12.5 Å². The molecule has 1 aromatic rings. The van der Waals surface area contributed by atoms with Crippen molar-refractivity contribution < 1.29 is 28.7 Å². The van der Waals surface area contributed by atoms with Crippen molar-refractivity contribution in [2.24, 2.45) is 0 Å². The Hall–Kier alpha value is -2.84. The zero-order valence-electron chi connectivity index (χ0n) is 14.9. The molecule has 0 saturated heterocycles. The molecule has 1 fully saturated rings. The highest BCUT2D eigenvalue weighted by Gasteiger charge is 2.28. The molecule has 27 heavy (non-hydrogen) atoms. The van der Waals surface area contributed by atoms with Crippen LogP contribution >= 0.6 is 0 Å². The van der Waals surface area contributed by atoms with Crippen LogP contribution in [0, 0.1) is 10.1 Å². The first-order valence-electron chi connectivity index (χ1n) is 9.09. The van der Waals surface area contributed by atoms with Crippen LogP contribution in [0.2, 0.25) is 0 Å². The topological polar surface area (TPSA) is 117 Å². The Balaban J connectivity index is 1.58. The molecule has 0 bridgehead atoms. The predicted octanol–water partition coefficient (Wildman–Crippen LogP) is 2.71. The molecular weight excluding hydrogens is 356 g/mol. The molecule has 0 aromatic heterocycles. The van der Waals surface area contributed by atoms with E-state index < -0.39 is 29.1 Å². The molecule has 1 amide bonds. The molecule has 1 saturated carbocycles. The van der Waals surface area contributed by atoms with Crippen molar-refractivity contribution in [3.8, 4) is 11.5 Å². The van der Waals surface area contributed by atoms with Crippen LogP contribution in [0.4, 0.5) is 5.69 Å². The summed E-state index contributed by atoms with van der Waals surface area (Å²) < 4.78 is 15.2. The van der Waals surface area contributed by atoms with Gasteiger partial charge in [0.2, 0.25) is 6.79 Å². The summed E-state index contributed by atoms with van der Waals surface area (Å²) >= 11 is 0. The summed E-state index contributed by atoms with van der Waals surface area (Å²) in [6, 6.07) is 2.40. The Bertz CT molecular complexity index is 727. The van der Waals surface area contributed by atoms with Gasteiger partial charge in [-0.3, -0.25) is 14.9 Å². The number of hydrogen-bond donors (Lipinski definition) is 1. The minimum atomic E-state index is -0.951. The van der Waals surface area contributed by atoms with Crippen LogP contribution in [0.1, 0.15) is 55.3 Å². The number of nitro groups is 1. The monoisotopic (exact) mass is 378 g/mol. The van der Waals surface area contributed by atoms with Crippen LogP contribution in [0.15, 0.2) is 12.1 Å². The summed E-state index contributed by atoms with van der Waals surface area (Å²) in [6.07, 6.45) is 7.50. The van der Waals surface area contributed by atoms with Crippen molar-refractivity contribution in [3.63, 3.8) is 0 Å². The second kappa shape index (κ2) is 8.70. The van der Waals surface area contributed by atoms with Gasteiger partial charge in [-0.1, -0.05) is 32.1 Å². The quantitative estimate of drug-likeness (QED) is 0.475. The zero-order valence-corrected chi connectivity index (χ0v) is 14.9. The molecule has 1 aromatic carbocycles. The summed E-state index contributed by atoms with van der Waals surface area (Å²) in [4.78, 5) is 34.9. The van der Waals surface area contributed by atoms with Crippen molar-refractivity contribution >= 4 is 17.6 Å². The fraction of sp³-hybridized carbons (Fsp3) is 0.556. The molecule has 2 aliphatic rings. The third kappa shape index (κ3) is 4.87. The van der Waals surface area contributed by atoms with Crippen LogP contribution in [0.5, 0.6) is 11.5 Å². The average Bonchev–Trinajstić information content (AvgIpc) is 3.08. The Morgan fingerprint density at radius 2 is 1.74 bits per heavy atom. The Morgan fingerprint density at radius 3 is 2.41 bits per heavy atom. The number of carbonyl (C=O) groups excluding carboxylic acids is 2. The minimum Gasteiger partial charge on any atom is -0.454 e. The fourth-order valence-electron chi connectivity index (χ4n) is 3.32. The number of carbonyl (C=O) groups is 2. The van der Waals surface area contributed by atoms with Crippen molar-refractivity contribution in [3.05, 3.63) is 27.8 Å². The smallest absolute Gasteiger partial charge is 0.345 e. The molecule has 146 valence electrons. The largest absolute Gasteiger partial charge is 0.454 e. The van der Waals surface area contributed by atoms with Crippen molar-refractivity contribution in [2.45, 2.75) is 51.0 Å². The van der Waals surface area contributed by atoms with E-state index in [-0.39, 0.29) is 29.9 Å². The van der Waals surface area contributed by atoms with E-state index in [9.17, 15) is 19.7 Å². The highest BCUT2D eigenvalue weighted by Crippen LogP contribution is 2.38. The average molecular weight is 378 g/mol. The normalized spacial score (nSPS) is 16.9. The number of nitrogens with zero attached hydrogens (tertiary/aromatic N) is 1. The summed E-state index contributed by atoms with van der Waals surface area (Å²) in [7, 11) is 0. The van der Waals surface area contributed by atoms with Gasteiger partial charge >= 0.3 is 5.97 Å². The molecule has 1 N–H and O–H groups in total. The van der Waals surface area contributed by atoms with Gasteiger partial charge in [0.15, 0.2) is 18.1 Å². The highest BCUT2D eigenvalue weighted by atomic mass is 16.7. The SMILES string of the molecule is O=C(COC(=O)c1cc2c(cc1[N+](=O)[O-])OCO2)NC1CCCCCCC1. The van der Waals surface area contributed by atoms with E-state index >= 15 is 0 Å². The van der Waals surface area contributed by atoms with Crippen molar-refractivity contribution in [1.29, 1.82) is 0 Å². The number of benzene rings is 1. The van der Waals surface area contributed by atoms with Gasteiger partial charge in [0.25, 0.3) is 11.6 Å². The lowest BCUT2D eigenvalue weighted by Crippen LogP contribution is -2.38. The molecule has 0 unspecified atom stereocenters. The number of ether oxygens (including phenoxy) is 3. The summed E-state index contributed by atoms with van der Waals surface area (Å²) in [5.41, 5.74) is -0.729. The van der Waals surface area contributed by atoms with Gasteiger partial charge in [-0.15, -0.1) is 0 Å². The van der Waals surface area contributed by atoms with Crippen LogP contribution in [-0.4, -0.2) is 36.2 Å². The third-order valence-corrected chi connectivity index (χ3v) is 4.71. The molecule has 0 atom stereocenters. The summed E-state index contributed by atoms with van der Waals surface area (Å²) in [5.74, 6) is -0.933. The number of fused-ring (bicyclic) bond motifs is 1. The molecule has 9 heteroatoms. The van der Waals surface area contributed by atoms with Crippen molar-refractivity contribution in [1.82, 2.24) is 5.32 Å². The van der Waals surface area contributed by atoms with E-state index in [0.29, 0.717) is 0 Å². The van der Waals surface area contributed by atoms with Crippen LogP contribution < -0.4 is 14.8 Å². The van der Waals surface area contributed by atoms with Crippen LogP contribution in [0.3, 0.4) is 0 Å². The molecule has 0 radical (unpaired) electrons. The lowest BCUT2D eigenvalue weighted by Gasteiger charge is -2.20. The third-order valence-electron chi connectivity index (χ3n) is 4.71. The molecule has 9 nitrogen and oxygen atoms in total. The zero-order chi connectivity index (χ0) is 19.2. The highest BCUT2D eigenvalue weighted by molar-refractivity contribution is 5.96. The first kappa shape index (κ1) is 18.9. The maximum absolute atomic E-state index is 12.3. The van der Waals surface area contributed by atoms with Crippen LogP contribution in [-0.2, 0) is 9.53 Å². The number of esters is 1. The lowest BCUT2D eigenvalue weighted by molar-refractivity contribution is -0.385. The maximum atomic E-state index is 12.3. The van der Waals surface area contributed by atoms with E-state index in [2.05, 4.69) is 5.32 Å². The maximum Gasteiger partial charge on any atom is 0.345 e. The van der Waals surface area contributed by atoms with Crippen molar-refractivity contribution in [2.75, 3.05) is 13.4 Å². The van der Waals surface area contributed by atoms with Gasteiger partial charge < -0.3 is 19.5 Å². The van der Waals surface area contributed by atoms with Gasteiger partial charge in [0, 0.05) is 12.1 Å². The summed E-state index contributed by atoms with van der Waals surface area (Å²) in [5, 5.41) is 14.1. The first-order chi connectivity index (χ1) is 13.0. The van der Waals surface area contributed by atoms with E-state index in [4.69, 9.17) is 14.2 Å². The second-order valence-electron chi connectivity index (χ2n) is 6.67. The van der Waals surface area contributed by atoms with E-state index in [1.54, 1.807) is 0 Å². The van der Waals surface area contributed by atoms with Gasteiger partial charge in [-0.25, -0.2) is 4.79 Å². The van der Waals surface area contributed by atoms with Gasteiger partial charge in [-0.05, 0) is 12.8 Å². The predicted molar refractivity (Wildman–Crippen MR) is 93.8 cm³/mol. The second-order valence-corrected chi connectivity index (χ2v) is 6.67. The lowest BCUT2D eigenvalue weighted by atomic mass is 9.97. The number of rotatable bonds is 5. The molecule has 0 spiro atoms. The van der Waals surface area contributed by atoms with E-state index in [1.807, 2.05) is 0 Å². The Kier molecular flexibility index (Phi) is 6.10. The van der Waals surface area contributed by atoms with Gasteiger partial charge in [0.1, 0.15) is 5.56 Å². The number of nitrogens with one attached hydrogen (secondary N) is 1. The number of hydrogen-bond acceptors (Lipinski definition) is 7. The molecule has 3 rings (SSSR count). The number of nitro benzene ring substituents is 1. The van der Waals surface area contributed by atoms with E-state index in [0.717, 1.165) is 44.6 Å². The molecule has 1 heterocycles. The molecule has 1 aliphatic heterocycles. The van der Waals surface area contributed by atoms with Gasteiger partial charge in [0.05, 0.1) is 11.0 Å². The standard InChI is InChI=1S/C18H22N2O7/c21-17(19-12-6-4-2-1-3-5-7-12)10-25-18(22)13-8-15-16(27-11-26-15)9-14(13)20(23)24/h8-9,12H,1-7,10-11H2,(H,19,21). The molecular formula is C18H22N2O7. The summed E-state index contributed by atoms with van der Waals surface area (Å²) in [6.45, 7) is -0.560. The first-order valence-corrected chi connectivity index (χ1v) is 9.09. The van der Waals surface area contributed by atoms with Gasteiger partial charge in [-0.2, -0.15) is 0 Å². The van der Waals surface area contributed by atoms with Crippen LogP contribution in [0.25, 0.3) is 0 Å². The Labute approximate surface area is 156 Å². The minimum absolute atomic E-state index is 0.0746.